The summed E-state index contributed by atoms with van der Waals surface area (Å²) in [7, 11) is -3.72. The normalized spacial score (nSPS) is 11.5. The second-order valence-electron chi connectivity index (χ2n) is 6.15. The standard InChI is InChI=1S/C18H21N5O2S/c1-13(2)23(26(24,25)15-8-5-4-6-9-15)18-11-7-10-16(20-18)19-17-12-14(3)21-22-17/h4-13H,1-3H3,(H2,19,20,21,22). The highest BCUT2D eigenvalue weighted by Crippen LogP contribution is 2.26. The number of benzene rings is 1. The average Bonchev–Trinajstić information content (AvgIpc) is 3.00. The van der Waals surface area contributed by atoms with Crippen LogP contribution in [0.5, 0.6) is 0 Å². The van der Waals surface area contributed by atoms with Crippen molar-refractivity contribution in [2.24, 2.45) is 0 Å². The zero-order valence-corrected chi connectivity index (χ0v) is 15.7. The highest BCUT2D eigenvalue weighted by molar-refractivity contribution is 7.92. The third-order valence-corrected chi connectivity index (χ3v) is 5.69. The molecule has 0 radical (unpaired) electrons. The molecule has 1 aromatic carbocycles. The summed E-state index contributed by atoms with van der Waals surface area (Å²) >= 11 is 0. The van der Waals surface area contributed by atoms with Crippen molar-refractivity contribution in [3.8, 4) is 0 Å². The number of nitrogens with one attached hydrogen (secondary N) is 2. The molecule has 8 heteroatoms. The summed E-state index contributed by atoms with van der Waals surface area (Å²) in [6.07, 6.45) is 0. The van der Waals surface area contributed by atoms with Crippen LogP contribution >= 0.6 is 0 Å². The monoisotopic (exact) mass is 371 g/mol. The van der Waals surface area contributed by atoms with Crippen LogP contribution in [-0.2, 0) is 10.0 Å². The lowest BCUT2D eigenvalue weighted by atomic mass is 10.3. The number of H-pyrrole nitrogens is 1. The minimum atomic E-state index is -3.72. The summed E-state index contributed by atoms with van der Waals surface area (Å²) in [5, 5.41) is 10.0. The topological polar surface area (TPSA) is 91.0 Å². The lowest BCUT2D eigenvalue weighted by Gasteiger charge is -2.27. The molecule has 0 saturated carbocycles. The van der Waals surface area contributed by atoms with E-state index in [9.17, 15) is 8.42 Å². The number of anilines is 3. The molecule has 0 aliphatic heterocycles. The minimum Gasteiger partial charge on any atom is -0.323 e. The summed E-state index contributed by atoms with van der Waals surface area (Å²) in [5.41, 5.74) is 0.916. The van der Waals surface area contributed by atoms with Gasteiger partial charge in [-0.2, -0.15) is 5.10 Å². The molecule has 26 heavy (non-hydrogen) atoms. The first-order valence-electron chi connectivity index (χ1n) is 8.23. The number of aryl methyl sites for hydroxylation is 1. The van der Waals surface area contributed by atoms with E-state index < -0.39 is 10.0 Å². The molecule has 0 saturated heterocycles. The van der Waals surface area contributed by atoms with Crippen molar-refractivity contribution in [2.45, 2.75) is 31.7 Å². The Labute approximate surface area is 153 Å². The van der Waals surface area contributed by atoms with E-state index >= 15 is 0 Å². The van der Waals surface area contributed by atoms with Gasteiger partial charge < -0.3 is 5.32 Å². The predicted octanol–water partition coefficient (Wildman–Crippen LogP) is 3.46. The maximum absolute atomic E-state index is 13.1. The molecule has 0 amide bonds. The van der Waals surface area contributed by atoms with Gasteiger partial charge in [-0.05, 0) is 45.0 Å². The Morgan fingerprint density at radius 2 is 1.77 bits per heavy atom. The maximum Gasteiger partial charge on any atom is 0.265 e. The molecule has 0 aliphatic rings. The van der Waals surface area contributed by atoms with Crippen LogP contribution in [0.15, 0.2) is 59.5 Å². The van der Waals surface area contributed by atoms with Crippen molar-refractivity contribution in [2.75, 3.05) is 9.62 Å². The van der Waals surface area contributed by atoms with E-state index in [0.717, 1.165) is 5.69 Å². The van der Waals surface area contributed by atoms with Crippen LogP contribution in [0, 0.1) is 6.92 Å². The third-order valence-electron chi connectivity index (χ3n) is 3.69. The quantitative estimate of drug-likeness (QED) is 0.692. The molecule has 0 spiro atoms. The Bertz CT molecular complexity index is 984. The van der Waals surface area contributed by atoms with Gasteiger partial charge in [-0.15, -0.1) is 0 Å². The summed E-state index contributed by atoms with van der Waals surface area (Å²) in [6.45, 7) is 5.54. The van der Waals surface area contributed by atoms with Crippen LogP contribution in [-0.4, -0.2) is 29.6 Å². The molecule has 0 unspecified atom stereocenters. The van der Waals surface area contributed by atoms with Gasteiger partial charge in [-0.1, -0.05) is 24.3 Å². The van der Waals surface area contributed by atoms with E-state index in [1.807, 2.05) is 26.8 Å². The number of hydrogen-bond acceptors (Lipinski definition) is 5. The van der Waals surface area contributed by atoms with Crippen LogP contribution in [0.3, 0.4) is 0 Å². The lowest BCUT2D eigenvalue weighted by Crippen LogP contribution is -2.37. The molecule has 3 aromatic rings. The molecule has 2 aromatic heterocycles. The Morgan fingerprint density at radius 3 is 2.38 bits per heavy atom. The van der Waals surface area contributed by atoms with E-state index in [4.69, 9.17) is 0 Å². The Hall–Kier alpha value is -2.87. The highest BCUT2D eigenvalue weighted by Gasteiger charge is 2.28. The number of rotatable bonds is 6. The van der Waals surface area contributed by atoms with Gasteiger partial charge in [-0.3, -0.25) is 5.10 Å². The van der Waals surface area contributed by atoms with E-state index in [-0.39, 0.29) is 10.9 Å². The van der Waals surface area contributed by atoms with Crippen molar-refractivity contribution in [3.05, 3.63) is 60.3 Å². The molecule has 0 fully saturated rings. The predicted molar refractivity (Wildman–Crippen MR) is 102 cm³/mol. The van der Waals surface area contributed by atoms with Crippen LogP contribution < -0.4 is 9.62 Å². The second kappa shape index (κ2) is 7.17. The number of pyridine rings is 1. The molecule has 136 valence electrons. The molecular weight excluding hydrogens is 350 g/mol. The fourth-order valence-corrected chi connectivity index (χ4v) is 4.23. The average molecular weight is 371 g/mol. The first-order valence-corrected chi connectivity index (χ1v) is 9.67. The molecule has 0 atom stereocenters. The van der Waals surface area contributed by atoms with Gasteiger partial charge in [0.15, 0.2) is 5.82 Å². The maximum atomic E-state index is 13.1. The van der Waals surface area contributed by atoms with Gasteiger partial charge in [0.05, 0.1) is 4.90 Å². The molecule has 0 aliphatic carbocycles. The zero-order chi connectivity index (χ0) is 18.7. The van der Waals surface area contributed by atoms with E-state index in [1.165, 1.54) is 4.31 Å². The minimum absolute atomic E-state index is 0.233. The van der Waals surface area contributed by atoms with Crippen molar-refractivity contribution in [1.82, 2.24) is 15.2 Å². The number of sulfonamides is 1. The first kappa shape index (κ1) is 17.9. The summed E-state index contributed by atoms with van der Waals surface area (Å²) in [5.74, 6) is 1.48. The van der Waals surface area contributed by atoms with E-state index in [2.05, 4.69) is 20.5 Å². The van der Waals surface area contributed by atoms with Gasteiger partial charge in [0.2, 0.25) is 0 Å². The fourth-order valence-electron chi connectivity index (χ4n) is 2.60. The highest BCUT2D eigenvalue weighted by atomic mass is 32.2. The molecular formula is C18H21N5O2S. The molecule has 2 N–H and O–H groups in total. The van der Waals surface area contributed by atoms with Gasteiger partial charge in [0.1, 0.15) is 11.6 Å². The largest absolute Gasteiger partial charge is 0.323 e. The van der Waals surface area contributed by atoms with Crippen LogP contribution in [0.2, 0.25) is 0 Å². The number of aromatic amines is 1. The number of aromatic nitrogens is 3. The molecule has 3 rings (SSSR count). The van der Waals surface area contributed by atoms with E-state index in [0.29, 0.717) is 17.5 Å². The van der Waals surface area contributed by atoms with Gasteiger partial charge in [0.25, 0.3) is 10.0 Å². The number of hydrogen-bond donors (Lipinski definition) is 2. The van der Waals surface area contributed by atoms with Crippen LogP contribution in [0.1, 0.15) is 19.5 Å². The van der Waals surface area contributed by atoms with Gasteiger partial charge >= 0.3 is 0 Å². The molecule has 0 bridgehead atoms. The third kappa shape index (κ3) is 3.70. The van der Waals surface area contributed by atoms with Crippen molar-refractivity contribution < 1.29 is 8.42 Å². The Kier molecular flexibility index (Phi) is 4.94. The fraction of sp³-hybridized carbons (Fsp3) is 0.222. The summed E-state index contributed by atoms with van der Waals surface area (Å²) in [4.78, 5) is 4.71. The molecule has 2 heterocycles. The second-order valence-corrected chi connectivity index (χ2v) is 7.96. The lowest BCUT2D eigenvalue weighted by molar-refractivity contribution is 0.583. The van der Waals surface area contributed by atoms with E-state index in [1.54, 1.807) is 48.5 Å². The van der Waals surface area contributed by atoms with Crippen LogP contribution in [0.25, 0.3) is 0 Å². The first-order chi connectivity index (χ1) is 12.4. The SMILES string of the molecule is Cc1cc(Nc2cccc(N(C(C)C)S(=O)(=O)c3ccccc3)n2)n[nH]1. The van der Waals surface area contributed by atoms with Crippen molar-refractivity contribution in [1.29, 1.82) is 0 Å². The van der Waals surface area contributed by atoms with Gasteiger partial charge in [0, 0.05) is 17.8 Å². The Balaban J connectivity index is 1.97. The molecule has 7 nitrogen and oxygen atoms in total. The summed E-state index contributed by atoms with van der Waals surface area (Å²) in [6, 6.07) is 15.1. The smallest absolute Gasteiger partial charge is 0.265 e. The van der Waals surface area contributed by atoms with Crippen molar-refractivity contribution >= 4 is 27.5 Å². The van der Waals surface area contributed by atoms with Gasteiger partial charge in [-0.25, -0.2) is 17.7 Å². The number of nitrogens with zero attached hydrogens (tertiary/aromatic N) is 3. The summed E-state index contributed by atoms with van der Waals surface area (Å²) < 4.78 is 27.5. The van der Waals surface area contributed by atoms with Crippen molar-refractivity contribution in [3.63, 3.8) is 0 Å². The Morgan fingerprint density at radius 1 is 1.04 bits per heavy atom. The zero-order valence-electron chi connectivity index (χ0n) is 14.8. The van der Waals surface area contributed by atoms with Crippen LogP contribution in [0.4, 0.5) is 17.5 Å².